The molecule has 1 aliphatic rings. The van der Waals surface area contributed by atoms with Crippen LogP contribution in [0.1, 0.15) is 5.56 Å². The standard InChI is InChI=1S/C22H23ClN4O2/c1-28-19-7-5-17(6-8-19)15-26-9-11-27(12-10-26)21-14-22(25-16-24-21)29-20-4-2-3-18(23)13-20/h2-8,13-14,16H,9-12,15H2,1H3. The van der Waals surface area contributed by atoms with Gasteiger partial charge in [0.15, 0.2) is 0 Å². The number of halogens is 1. The number of piperazine rings is 1. The second-order valence-corrected chi connectivity index (χ2v) is 7.32. The van der Waals surface area contributed by atoms with Gasteiger partial charge in [-0.2, -0.15) is 0 Å². The van der Waals surface area contributed by atoms with Crippen LogP contribution in [0.15, 0.2) is 60.9 Å². The molecule has 7 heteroatoms. The number of hydrogen-bond acceptors (Lipinski definition) is 6. The molecule has 29 heavy (non-hydrogen) atoms. The third-order valence-corrected chi connectivity index (χ3v) is 5.14. The van der Waals surface area contributed by atoms with E-state index in [0.29, 0.717) is 16.7 Å². The topological polar surface area (TPSA) is 50.7 Å². The van der Waals surface area contributed by atoms with Crippen LogP contribution in [-0.4, -0.2) is 48.2 Å². The highest BCUT2D eigenvalue weighted by atomic mass is 35.5. The lowest BCUT2D eigenvalue weighted by Crippen LogP contribution is -2.46. The zero-order valence-electron chi connectivity index (χ0n) is 16.3. The number of ether oxygens (including phenoxy) is 2. The van der Waals surface area contributed by atoms with Gasteiger partial charge in [0.1, 0.15) is 23.6 Å². The molecule has 0 radical (unpaired) electrons. The third-order valence-electron chi connectivity index (χ3n) is 4.91. The van der Waals surface area contributed by atoms with Gasteiger partial charge in [-0.3, -0.25) is 4.90 Å². The summed E-state index contributed by atoms with van der Waals surface area (Å²) >= 11 is 6.02. The molecular weight excluding hydrogens is 388 g/mol. The summed E-state index contributed by atoms with van der Waals surface area (Å²) in [4.78, 5) is 13.4. The van der Waals surface area contributed by atoms with E-state index in [4.69, 9.17) is 21.1 Å². The van der Waals surface area contributed by atoms with Gasteiger partial charge in [0.05, 0.1) is 7.11 Å². The van der Waals surface area contributed by atoms with Gasteiger partial charge in [-0.25, -0.2) is 9.97 Å². The van der Waals surface area contributed by atoms with Crippen LogP contribution in [0.5, 0.6) is 17.4 Å². The largest absolute Gasteiger partial charge is 0.497 e. The number of methoxy groups -OCH3 is 1. The highest BCUT2D eigenvalue weighted by Crippen LogP contribution is 2.25. The summed E-state index contributed by atoms with van der Waals surface area (Å²) < 4.78 is 11.1. The Morgan fingerprint density at radius 1 is 0.931 bits per heavy atom. The summed E-state index contributed by atoms with van der Waals surface area (Å²) in [5, 5.41) is 0.629. The first-order valence-electron chi connectivity index (χ1n) is 9.55. The van der Waals surface area contributed by atoms with Gasteiger partial charge in [-0.15, -0.1) is 0 Å². The van der Waals surface area contributed by atoms with E-state index in [1.807, 2.05) is 36.4 Å². The molecule has 0 N–H and O–H groups in total. The number of hydrogen-bond donors (Lipinski definition) is 0. The summed E-state index contributed by atoms with van der Waals surface area (Å²) in [5.74, 6) is 2.93. The normalized spacial score (nSPS) is 14.6. The minimum Gasteiger partial charge on any atom is -0.497 e. The first-order valence-corrected chi connectivity index (χ1v) is 9.93. The maximum atomic E-state index is 6.02. The maximum absolute atomic E-state index is 6.02. The quantitative estimate of drug-likeness (QED) is 0.605. The van der Waals surface area contributed by atoms with Crippen molar-refractivity contribution in [3.63, 3.8) is 0 Å². The lowest BCUT2D eigenvalue weighted by molar-refractivity contribution is 0.249. The average molecular weight is 411 g/mol. The molecule has 1 saturated heterocycles. The van der Waals surface area contributed by atoms with E-state index in [-0.39, 0.29) is 0 Å². The molecule has 4 rings (SSSR count). The van der Waals surface area contributed by atoms with Crippen LogP contribution in [0.25, 0.3) is 0 Å². The SMILES string of the molecule is COc1ccc(CN2CCN(c3cc(Oc4cccc(Cl)c4)ncn3)CC2)cc1. The molecule has 0 bridgehead atoms. The molecular formula is C22H23ClN4O2. The van der Waals surface area contributed by atoms with Crippen LogP contribution < -0.4 is 14.4 Å². The van der Waals surface area contributed by atoms with Crippen molar-refractivity contribution in [2.24, 2.45) is 0 Å². The second kappa shape index (κ2) is 9.11. The Morgan fingerprint density at radius 3 is 2.45 bits per heavy atom. The van der Waals surface area contributed by atoms with E-state index in [9.17, 15) is 0 Å². The fourth-order valence-electron chi connectivity index (χ4n) is 3.33. The zero-order chi connectivity index (χ0) is 20.1. The molecule has 1 aliphatic heterocycles. The van der Waals surface area contributed by atoms with Gasteiger partial charge in [-0.05, 0) is 35.9 Å². The highest BCUT2D eigenvalue weighted by Gasteiger charge is 2.19. The molecule has 3 aromatic rings. The van der Waals surface area contributed by atoms with Crippen molar-refractivity contribution in [2.45, 2.75) is 6.54 Å². The van der Waals surface area contributed by atoms with Crippen molar-refractivity contribution >= 4 is 17.4 Å². The van der Waals surface area contributed by atoms with E-state index in [1.54, 1.807) is 19.5 Å². The van der Waals surface area contributed by atoms with Crippen molar-refractivity contribution < 1.29 is 9.47 Å². The van der Waals surface area contributed by atoms with Crippen LogP contribution in [0.4, 0.5) is 5.82 Å². The third kappa shape index (κ3) is 5.16. The molecule has 0 atom stereocenters. The number of aromatic nitrogens is 2. The van der Waals surface area contributed by atoms with Crippen LogP contribution in [-0.2, 0) is 6.54 Å². The fourth-order valence-corrected chi connectivity index (χ4v) is 3.51. The summed E-state index contributed by atoms with van der Waals surface area (Å²) in [5.41, 5.74) is 1.29. The van der Waals surface area contributed by atoms with E-state index in [2.05, 4.69) is 31.9 Å². The van der Waals surface area contributed by atoms with Crippen molar-refractivity contribution in [3.8, 4) is 17.4 Å². The maximum Gasteiger partial charge on any atom is 0.224 e. The number of benzene rings is 2. The van der Waals surface area contributed by atoms with E-state index < -0.39 is 0 Å². The first kappa shape index (κ1) is 19.5. The summed E-state index contributed by atoms with van der Waals surface area (Å²) in [6.45, 7) is 4.69. The predicted octanol–water partition coefficient (Wildman–Crippen LogP) is 4.25. The van der Waals surface area contributed by atoms with Crippen LogP contribution in [0.3, 0.4) is 0 Å². The smallest absolute Gasteiger partial charge is 0.224 e. The van der Waals surface area contributed by atoms with Crippen molar-refractivity contribution in [1.82, 2.24) is 14.9 Å². The van der Waals surface area contributed by atoms with Gasteiger partial charge in [-0.1, -0.05) is 29.8 Å². The minimum atomic E-state index is 0.512. The average Bonchev–Trinajstić information content (AvgIpc) is 2.75. The van der Waals surface area contributed by atoms with E-state index >= 15 is 0 Å². The molecule has 0 aliphatic carbocycles. The summed E-state index contributed by atoms with van der Waals surface area (Å²) in [6.07, 6.45) is 1.54. The molecule has 150 valence electrons. The Kier molecular flexibility index (Phi) is 6.12. The minimum absolute atomic E-state index is 0.512. The van der Waals surface area contributed by atoms with Crippen LogP contribution in [0.2, 0.25) is 5.02 Å². The van der Waals surface area contributed by atoms with Gasteiger partial charge >= 0.3 is 0 Å². The molecule has 1 fully saturated rings. The van der Waals surface area contributed by atoms with Crippen molar-refractivity contribution in [1.29, 1.82) is 0 Å². The highest BCUT2D eigenvalue weighted by molar-refractivity contribution is 6.30. The Hall–Kier alpha value is -2.83. The summed E-state index contributed by atoms with van der Waals surface area (Å²) in [7, 11) is 1.69. The van der Waals surface area contributed by atoms with Crippen LogP contribution in [0, 0.1) is 0 Å². The van der Waals surface area contributed by atoms with Gasteiger partial charge in [0.2, 0.25) is 5.88 Å². The van der Waals surface area contributed by atoms with E-state index in [0.717, 1.165) is 44.3 Å². The number of rotatable bonds is 6. The Balaban J connectivity index is 1.34. The van der Waals surface area contributed by atoms with Crippen molar-refractivity contribution in [2.75, 3.05) is 38.2 Å². The molecule has 6 nitrogen and oxygen atoms in total. The first-order chi connectivity index (χ1) is 14.2. The van der Waals surface area contributed by atoms with Crippen molar-refractivity contribution in [3.05, 3.63) is 71.5 Å². The molecule has 0 saturated carbocycles. The molecule has 0 spiro atoms. The van der Waals surface area contributed by atoms with Gasteiger partial charge < -0.3 is 14.4 Å². The lowest BCUT2D eigenvalue weighted by atomic mass is 10.2. The lowest BCUT2D eigenvalue weighted by Gasteiger charge is -2.35. The Bertz CT molecular complexity index is 944. The fraction of sp³-hybridized carbons (Fsp3) is 0.273. The molecule has 0 amide bonds. The van der Waals surface area contributed by atoms with E-state index in [1.165, 1.54) is 5.56 Å². The van der Waals surface area contributed by atoms with Crippen LogP contribution >= 0.6 is 11.6 Å². The predicted molar refractivity (Wildman–Crippen MR) is 114 cm³/mol. The van der Waals surface area contributed by atoms with Gasteiger partial charge in [0, 0.05) is 43.8 Å². The summed E-state index contributed by atoms with van der Waals surface area (Å²) in [6, 6.07) is 17.4. The molecule has 0 unspecified atom stereocenters. The number of nitrogens with zero attached hydrogens (tertiary/aromatic N) is 4. The second-order valence-electron chi connectivity index (χ2n) is 6.89. The zero-order valence-corrected chi connectivity index (χ0v) is 17.0. The molecule has 1 aromatic heterocycles. The Labute approximate surface area is 175 Å². The molecule has 2 heterocycles. The monoisotopic (exact) mass is 410 g/mol. The number of anilines is 1. The van der Waals surface area contributed by atoms with Gasteiger partial charge in [0.25, 0.3) is 0 Å². The molecule has 2 aromatic carbocycles. The Morgan fingerprint density at radius 2 is 1.72 bits per heavy atom.